The van der Waals surface area contributed by atoms with Crippen molar-refractivity contribution in [2.24, 2.45) is 5.73 Å². The Kier molecular flexibility index (Phi) is 10.3. The topological polar surface area (TPSA) is 77.6 Å². The zero-order valence-corrected chi connectivity index (χ0v) is 18.5. The van der Waals surface area contributed by atoms with E-state index in [9.17, 15) is 5.11 Å². The molecule has 1 saturated heterocycles. The zero-order chi connectivity index (χ0) is 18.7. The van der Waals surface area contributed by atoms with Crippen LogP contribution in [-0.2, 0) is 4.74 Å². The molecule has 0 aliphatic carbocycles. The molecule has 2 aromatic rings. The molecule has 3 rings (SSSR count). The largest absolute Gasteiger partial charge is 0.474 e. The number of pyridine rings is 1. The molecule has 1 aliphatic heterocycles. The number of benzene rings is 1. The van der Waals surface area contributed by atoms with Crippen LogP contribution in [0.2, 0.25) is 10.0 Å². The van der Waals surface area contributed by atoms with Crippen LogP contribution in [0.5, 0.6) is 5.88 Å². The van der Waals surface area contributed by atoms with Gasteiger partial charge < -0.3 is 20.3 Å². The zero-order valence-electron chi connectivity index (χ0n) is 15.3. The molecular formula is C19H24Cl4N2O3. The van der Waals surface area contributed by atoms with Gasteiger partial charge in [-0.3, -0.25) is 0 Å². The van der Waals surface area contributed by atoms with Crippen LogP contribution in [0.4, 0.5) is 0 Å². The van der Waals surface area contributed by atoms with Gasteiger partial charge in [-0.05, 0) is 30.2 Å². The van der Waals surface area contributed by atoms with Crippen LogP contribution in [0.15, 0.2) is 30.5 Å². The second kappa shape index (κ2) is 11.4. The van der Waals surface area contributed by atoms with E-state index in [1.807, 2.05) is 13.0 Å². The maximum atomic E-state index is 10.7. The number of aliphatic hydroxyl groups excluding tert-OH is 1. The molecule has 28 heavy (non-hydrogen) atoms. The van der Waals surface area contributed by atoms with Crippen LogP contribution in [-0.4, -0.2) is 29.4 Å². The predicted molar refractivity (Wildman–Crippen MR) is 116 cm³/mol. The fourth-order valence-electron chi connectivity index (χ4n) is 2.97. The van der Waals surface area contributed by atoms with Gasteiger partial charge in [0.1, 0.15) is 6.10 Å². The number of nitrogens with two attached hydrogens (primary N) is 1. The Hall–Kier alpha value is -0.790. The van der Waals surface area contributed by atoms with Crippen molar-refractivity contribution >= 4 is 48.0 Å². The van der Waals surface area contributed by atoms with Crippen molar-refractivity contribution in [1.82, 2.24) is 4.98 Å². The fourth-order valence-corrected chi connectivity index (χ4v) is 3.28. The molecule has 1 aromatic heterocycles. The molecule has 9 heteroatoms. The van der Waals surface area contributed by atoms with Crippen molar-refractivity contribution in [3.8, 4) is 5.88 Å². The Bertz CT molecular complexity index is 773. The summed E-state index contributed by atoms with van der Waals surface area (Å²) in [6.45, 7) is 3.32. The lowest BCUT2D eigenvalue weighted by atomic mass is 9.95. The van der Waals surface area contributed by atoms with Gasteiger partial charge in [-0.1, -0.05) is 29.3 Å². The Morgan fingerprint density at radius 1 is 1.18 bits per heavy atom. The first-order chi connectivity index (χ1) is 12.5. The molecule has 2 atom stereocenters. The van der Waals surface area contributed by atoms with Crippen LogP contribution in [0.3, 0.4) is 0 Å². The van der Waals surface area contributed by atoms with E-state index in [0.717, 1.165) is 18.4 Å². The maximum Gasteiger partial charge on any atom is 0.213 e. The van der Waals surface area contributed by atoms with E-state index < -0.39 is 12.1 Å². The van der Waals surface area contributed by atoms with E-state index in [2.05, 4.69) is 4.98 Å². The molecule has 2 unspecified atom stereocenters. The summed E-state index contributed by atoms with van der Waals surface area (Å²) in [6.07, 6.45) is 2.52. The van der Waals surface area contributed by atoms with Gasteiger partial charge in [0.05, 0.1) is 35.4 Å². The van der Waals surface area contributed by atoms with Gasteiger partial charge >= 0.3 is 0 Å². The SMILES string of the molecule is Cc1cc(OC2CCOCC2)ncc1C(O)C(N)c1ccc(Cl)c(Cl)c1.Cl.Cl. The summed E-state index contributed by atoms with van der Waals surface area (Å²) in [4.78, 5) is 4.34. The van der Waals surface area contributed by atoms with Crippen molar-refractivity contribution in [1.29, 1.82) is 0 Å². The molecule has 1 aliphatic rings. The smallest absolute Gasteiger partial charge is 0.213 e. The van der Waals surface area contributed by atoms with Gasteiger partial charge in [0, 0.05) is 30.7 Å². The summed E-state index contributed by atoms with van der Waals surface area (Å²) in [6, 6.07) is 6.28. The quantitative estimate of drug-likeness (QED) is 0.655. The van der Waals surface area contributed by atoms with Gasteiger partial charge in [-0.25, -0.2) is 4.98 Å². The highest BCUT2D eigenvalue weighted by atomic mass is 35.5. The molecule has 1 aromatic carbocycles. The summed E-state index contributed by atoms with van der Waals surface area (Å²) in [5.41, 5.74) is 8.45. The van der Waals surface area contributed by atoms with E-state index in [-0.39, 0.29) is 30.9 Å². The number of aryl methyl sites for hydroxylation is 1. The number of aromatic nitrogens is 1. The maximum absolute atomic E-state index is 10.7. The van der Waals surface area contributed by atoms with Crippen molar-refractivity contribution < 1.29 is 14.6 Å². The van der Waals surface area contributed by atoms with Gasteiger partial charge in [0.2, 0.25) is 5.88 Å². The van der Waals surface area contributed by atoms with E-state index >= 15 is 0 Å². The lowest BCUT2D eigenvalue weighted by Gasteiger charge is -2.24. The summed E-state index contributed by atoms with van der Waals surface area (Å²) in [5.74, 6) is 0.549. The van der Waals surface area contributed by atoms with Crippen molar-refractivity contribution in [3.05, 3.63) is 57.2 Å². The molecule has 2 heterocycles. The average Bonchev–Trinajstić information content (AvgIpc) is 2.64. The molecule has 0 bridgehead atoms. The number of hydrogen-bond donors (Lipinski definition) is 2. The van der Waals surface area contributed by atoms with E-state index in [1.54, 1.807) is 24.4 Å². The molecule has 156 valence electrons. The third-order valence-electron chi connectivity index (χ3n) is 4.57. The minimum absolute atomic E-state index is 0. The number of halogens is 4. The summed E-state index contributed by atoms with van der Waals surface area (Å²) >= 11 is 12.0. The monoisotopic (exact) mass is 468 g/mol. The Morgan fingerprint density at radius 2 is 1.86 bits per heavy atom. The Labute approximate surface area is 187 Å². The van der Waals surface area contributed by atoms with Gasteiger partial charge in [0.15, 0.2) is 0 Å². The minimum Gasteiger partial charge on any atom is -0.474 e. The van der Waals surface area contributed by atoms with Gasteiger partial charge in [-0.15, -0.1) is 24.8 Å². The molecule has 0 saturated carbocycles. The molecule has 0 radical (unpaired) electrons. The van der Waals surface area contributed by atoms with Crippen molar-refractivity contribution in [2.75, 3.05) is 13.2 Å². The summed E-state index contributed by atoms with van der Waals surface area (Å²) < 4.78 is 11.2. The number of rotatable bonds is 5. The molecule has 0 amide bonds. The third-order valence-corrected chi connectivity index (χ3v) is 5.31. The highest BCUT2D eigenvalue weighted by Gasteiger charge is 2.23. The van der Waals surface area contributed by atoms with Crippen LogP contribution >= 0.6 is 48.0 Å². The molecular weight excluding hydrogens is 446 g/mol. The summed E-state index contributed by atoms with van der Waals surface area (Å²) in [5, 5.41) is 11.6. The van der Waals surface area contributed by atoms with Crippen molar-refractivity contribution in [3.63, 3.8) is 0 Å². The Balaban J connectivity index is 0.00000196. The highest BCUT2D eigenvalue weighted by Crippen LogP contribution is 2.32. The van der Waals surface area contributed by atoms with E-state index in [0.29, 0.717) is 40.3 Å². The first-order valence-corrected chi connectivity index (χ1v) is 9.31. The Morgan fingerprint density at radius 3 is 2.46 bits per heavy atom. The number of aliphatic hydroxyl groups is 1. The van der Waals surface area contributed by atoms with Crippen LogP contribution in [0.25, 0.3) is 0 Å². The molecule has 0 spiro atoms. The van der Waals surface area contributed by atoms with Gasteiger partial charge in [0.25, 0.3) is 0 Å². The molecule has 3 N–H and O–H groups in total. The van der Waals surface area contributed by atoms with Crippen LogP contribution in [0, 0.1) is 6.92 Å². The third kappa shape index (κ3) is 6.10. The van der Waals surface area contributed by atoms with Crippen LogP contribution < -0.4 is 10.5 Å². The highest BCUT2D eigenvalue weighted by molar-refractivity contribution is 6.42. The first kappa shape index (κ1) is 25.2. The van der Waals surface area contributed by atoms with Gasteiger partial charge in [-0.2, -0.15) is 0 Å². The lowest BCUT2D eigenvalue weighted by molar-refractivity contribution is 0.0236. The van der Waals surface area contributed by atoms with E-state index in [4.69, 9.17) is 38.4 Å². The van der Waals surface area contributed by atoms with E-state index in [1.165, 1.54) is 0 Å². The normalized spacial score (nSPS) is 16.5. The molecule has 5 nitrogen and oxygen atoms in total. The second-order valence-corrected chi connectivity index (χ2v) is 7.27. The lowest BCUT2D eigenvalue weighted by Crippen LogP contribution is -2.26. The molecule has 1 fully saturated rings. The second-order valence-electron chi connectivity index (χ2n) is 6.45. The number of ether oxygens (including phenoxy) is 2. The van der Waals surface area contributed by atoms with Crippen molar-refractivity contribution in [2.45, 2.75) is 38.0 Å². The first-order valence-electron chi connectivity index (χ1n) is 8.55. The minimum atomic E-state index is -0.920. The standard InChI is InChI=1S/C19H22Cl2N2O3.2ClH/c1-11-8-17(26-13-4-6-25-7-5-13)23-10-14(11)19(24)18(22)12-2-3-15(20)16(21)9-12;;/h2-3,8-10,13,18-19,24H,4-7,22H2,1H3;2*1H. The average molecular weight is 470 g/mol. The number of nitrogens with zero attached hydrogens (tertiary/aromatic N) is 1. The predicted octanol–water partition coefficient (Wildman–Crippen LogP) is 4.83. The fraction of sp³-hybridized carbons (Fsp3) is 0.421. The summed E-state index contributed by atoms with van der Waals surface area (Å²) in [7, 11) is 0. The number of hydrogen-bond acceptors (Lipinski definition) is 5. The van der Waals surface area contributed by atoms with Crippen LogP contribution in [0.1, 0.15) is 41.7 Å².